The van der Waals surface area contributed by atoms with Gasteiger partial charge in [0.05, 0.1) is 35.7 Å². The molecule has 0 aliphatic rings. The Hall–Kier alpha value is -4.53. The van der Waals surface area contributed by atoms with Crippen LogP contribution in [0.5, 0.6) is 5.75 Å². The molecule has 0 aliphatic heterocycles. The summed E-state index contributed by atoms with van der Waals surface area (Å²) < 4.78 is 10.2. The van der Waals surface area contributed by atoms with Crippen molar-refractivity contribution in [1.82, 2.24) is 10.3 Å². The maximum atomic E-state index is 13.5. The van der Waals surface area contributed by atoms with Crippen molar-refractivity contribution in [2.45, 2.75) is 12.5 Å². The van der Waals surface area contributed by atoms with Crippen LogP contribution in [0.1, 0.15) is 15.9 Å². The highest BCUT2D eigenvalue weighted by molar-refractivity contribution is 6.16. The number of amides is 1. The summed E-state index contributed by atoms with van der Waals surface area (Å²) >= 11 is 0. The number of carbonyl (C=O) groups is 2. The maximum Gasteiger partial charge on any atom is 0.328 e. The molecule has 9 nitrogen and oxygen atoms in total. The molecule has 3 aromatic carbocycles. The van der Waals surface area contributed by atoms with Crippen molar-refractivity contribution in [1.29, 1.82) is 0 Å². The van der Waals surface area contributed by atoms with E-state index in [-0.39, 0.29) is 12.1 Å². The second-order valence-corrected chi connectivity index (χ2v) is 7.53. The number of nitro benzene ring substituents is 1. The van der Waals surface area contributed by atoms with Gasteiger partial charge in [-0.3, -0.25) is 14.9 Å². The molecule has 0 aliphatic carbocycles. The van der Waals surface area contributed by atoms with Gasteiger partial charge in [-0.25, -0.2) is 9.78 Å². The number of carbonyl (C=O) groups excluding carboxylic acids is 2. The van der Waals surface area contributed by atoms with Crippen LogP contribution in [0.3, 0.4) is 0 Å². The van der Waals surface area contributed by atoms with E-state index in [2.05, 4.69) is 10.3 Å². The molecule has 1 amide bonds. The van der Waals surface area contributed by atoms with Crippen LogP contribution in [0.4, 0.5) is 5.69 Å². The van der Waals surface area contributed by atoms with Crippen molar-refractivity contribution in [3.8, 4) is 5.75 Å². The molecule has 0 bridgehead atoms. The van der Waals surface area contributed by atoms with Crippen molar-refractivity contribution in [2.75, 3.05) is 14.2 Å². The third-order valence-corrected chi connectivity index (χ3v) is 5.50. The van der Waals surface area contributed by atoms with Crippen molar-refractivity contribution in [3.05, 3.63) is 88.0 Å². The quantitative estimate of drug-likeness (QED) is 0.193. The van der Waals surface area contributed by atoms with Crippen molar-refractivity contribution in [3.63, 3.8) is 0 Å². The van der Waals surface area contributed by atoms with Gasteiger partial charge in [0.2, 0.25) is 0 Å². The molecule has 1 heterocycles. The van der Waals surface area contributed by atoms with Gasteiger partial charge in [0.15, 0.2) is 0 Å². The number of ether oxygens (including phenoxy) is 2. The van der Waals surface area contributed by atoms with E-state index in [0.29, 0.717) is 38.7 Å². The Bertz CT molecular complexity index is 1360. The van der Waals surface area contributed by atoms with Crippen LogP contribution in [-0.2, 0) is 16.0 Å². The number of para-hydroxylation sites is 2. The standard InChI is InChI=1S/C25H21N3O6/c1-33-22-12-11-16(28(31)32)13-15(22)14-21(25(30)34-2)27-24(29)23-17-7-3-5-9-19(17)26-20-10-6-4-8-18(20)23/h3-13,21H,14H2,1-2H3,(H,27,29)/t21-/m1/s1. The van der Waals surface area contributed by atoms with Crippen LogP contribution < -0.4 is 10.1 Å². The summed E-state index contributed by atoms with van der Waals surface area (Å²) in [6, 6.07) is 17.4. The Balaban J connectivity index is 1.76. The number of nitrogens with one attached hydrogen (secondary N) is 1. The SMILES string of the molecule is COC(=O)[C@@H](Cc1cc([N+](=O)[O-])ccc1OC)NC(=O)c1c2ccccc2nc2ccccc12. The minimum atomic E-state index is -1.11. The highest BCUT2D eigenvalue weighted by Gasteiger charge is 2.27. The predicted molar refractivity (Wildman–Crippen MR) is 126 cm³/mol. The first-order chi connectivity index (χ1) is 16.4. The molecule has 1 N–H and O–H groups in total. The fourth-order valence-corrected chi connectivity index (χ4v) is 3.91. The Labute approximate surface area is 194 Å². The number of rotatable bonds is 7. The average molecular weight is 459 g/mol. The lowest BCUT2D eigenvalue weighted by molar-refractivity contribution is -0.384. The van der Waals surface area contributed by atoms with E-state index >= 15 is 0 Å². The third kappa shape index (κ3) is 4.36. The lowest BCUT2D eigenvalue weighted by Gasteiger charge is -2.19. The highest BCUT2D eigenvalue weighted by Crippen LogP contribution is 2.28. The van der Waals surface area contributed by atoms with Crippen LogP contribution in [0, 0.1) is 10.1 Å². The number of aromatic nitrogens is 1. The van der Waals surface area contributed by atoms with Gasteiger partial charge in [0.25, 0.3) is 11.6 Å². The molecule has 1 aromatic heterocycles. The van der Waals surface area contributed by atoms with E-state index in [4.69, 9.17) is 9.47 Å². The Morgan fingerprint density at radius 3 is 2.18 bits per heavy atom. The molecule has 4 aromatic rings. The molecule has 1 atom stereocenters. The molecule has 9 heteroatoms. The largest absolute Gasteiger partial charge is 0.496 e. The number of hydrogen-bond acceptors (Lipinski definition) is 7. The summed E-state index contributed by atoms with van der Waals surface area (Å²) in [6.07, 6.45) is -0.0653. The average Bonchev–Trinajstić information content (AvgIpc) is 2.86. The second-order valence-electron chi connectivity index (χ2n) is 7.53. The number of methoxy groups -OCH3 is 2. The van der Waals surface area contributed by atoms with Gasteiger partial charge in [-0.1, -0.05) is 36.4 Å². The summed E-state index contributed by atoms with van der Waals surface area (Å²) in [5.41, 5.74) is 1.89. The van der Waals surface area contributed by atoms with E-state index < -0.39 is 22.8 Å². The molecule has 172 valence electrons. The normalized spacial score (nSPS) is 11.7. The number of esters is 1. The first-order valence-electron chi connectivity index (χ1n) is 10.4. The van der Waals surface area contributed by atoms with Gasteiger partial charge in [-0.15, -0.1) is 0 Å². The van der Waals surface area contributed by atoms with Gasteiger partial charge < -0.3 is 14.8 Å². The van der Waals surface area contributed by atoms with Gasteiger partial charge in [-0.2, -0.15) is 0 Å². The molecule has 0 radical (unpaired) electrons. The first-order valence-corrected chi connectivity index (χ1v) is 10.4. The maximum absolute atomic E-state index is 13.5. The van der Waals surface area contributed by atoms with Crippen molar-refractivity contribution in [2.24, 2.45) is 0 Å². The van der Waals surface area contributed by atoms with Crippen LogP contribution in [0.15, 0.2) is 66.7 Å². The van der Waals surface area contributed by atoms with Crippen LogP contribution in [0.25, 0.3) is 21.8 Å². The van der Waals surface area contributed by atoms with Crippen molar-refractivity contribution < 1.29 is 24.0 Å². The third-order valence-electron chi connectivity index (χ3n) is 5.50. The summed E-state index contributed by atoms with van der Waals surface area (Å²) in [5, 5.41) is 15.3. The number of non-ortho nitro benzene ring substituents is 1. The Morgan fingerprint density at radius 2 is 1.62 bits per heavy atom. The van der Waals surface area contributed by atoms with Gasteiger partial charge in [0.1, 0.15) is 11.8 Å². The molecule has 0 unspecified atom stereocenters. The van der Waals surface area contributed by atoms with Crippen molar-refractivity contribution >= 4 is 39.4 Å². The van der Waals surface area contributed by atoms with Crippen LogP contribution in [0.2, 0.25) is 0 Å². The fraction of sp³-hybridized carbons (Fsp3) is 0.160. The number of benzene rings is 3. The minimum Gasteiger partial charge on any atom is -0.496 e. The van der Waals surface area contributed by atoms with Gasteiger partial charge in [-0.05, 0) is 18.2 Å². The van der Waals surface area contributed by atoms with E-state index in [1.54, 1.807) is 24.3 Å². The molecule has 4 rings (SSSR count). The van der Waals surface area contributed by atoms with E-state index in [9.17, 15) is 19.7 Å². The molecular weight excluding hydrogens is 438 g/mol. The monoisotopic (exact) mass is 459 g/mol. The van der Waals surface area contributed by atoms with Crippen LogP contribution >= 0.6 is 0 Å². The lowest BCUT2D eigenvalue weighted by atomic mass is 10.00. The second kappa shape index (κ2) is 9.53. The molecule has 0 saturated heterocycles. The molecule has 34 heavy (non-hydrogen) atoms. The zero-order chi connectivity index (χ0) is 24.2. The summed E-state index contributed by atoms with van der Waals surface area (Å²) in [6.45, 7) is 0. The lowest BCUT2D eigenvalue weighted by Crippen LogP contribution is -2.43. The number of pyridine rings is 1. The summed E-state index contributed by atoms with van der Waals surface area (Å²) in [4.78, 5) is 41.5. The molecule has 0 saturated carbocycles. The fourth-order valence-electron chi connectivity index (χ4n) is 3.91. The molecular formula is C25H21N3O6. The number of hydrogen-bond donors (Lipinski definition) is 1. The van der Waals surface area contributed by atoms with Gasteiger partial charge >= 0.3 is 5.97 Å². The smallest absolute Gasteiger partial charge is 0.328 e. The number of fused-ring (bicyclic) bond motifs is 2. The predicted octanol–water partition coefficient (Wildman–Crippen LogP) is 3.82. The van der Waals surface area contributed by atoms with E-state index in [1.807, 2.05) is 24.3 Å². The summed E-state index contributed by atoms with van der Waals surface area (Å²) in [7, 11) is 2.63. The Morgan fingerprint density at radius 1 is 1.00 bits per heavy atom. The zero-order valence-electron chi connectivity index (χ0n) is 18.5. The highest BCUT2D eigenvalue weighted by atomic mass is 16.6. The molecule has 0 spiro atoms. The number of nitrogens with zero attached hydrogens (tertiary/aromatic N) is 2. The van der Waals surface area contributed by atoms with Crippen LogP contribution in [-0.4, -0.2) is 42.0 Å². The minimum absolute atomic E-state index is 0.0653. The van der Waals surface area contributed by atoms with E-state index in [0.717, 1.165) is 0 Å². The zero-order valence-corrected chi connectivity index (χ0v) is 18.5. The molecule has 0 fully saturated rings. The summed E-state index contributed by atoms with van der Waals surface area (Å²) in [5.74, 6) is -0.826. The number of nitro groups is 1. The van der Waals surface area contributed by atoms with E-state index in [1.165, 1.54) is 32.4 Å². The topological polar surface area (TPSA) is 121 Å². The van der Waals surface area contributed by atoms with Gasteiger partial charge in [0, 0.05) is 34.9 Å². The Kier molecular flexibility index (Phi) is 6.35. The first kappa shape index (κ1) is 22.7.